The zero-order chi connectivity index (χ0) is 12.1. The van der Waals surface area contributed by atoms with Gasteiger partial charge in [-0.05, 0) is 18.9 Å². The summed E-state index contributed by atoms with van der Waals surface area (Å²) < 4.78 is 5.64. The lowest BCUT2D eigenvalue weighted by molar-refractivity contribution is 0.00740. The molecule has 0 radical (unpaired) electrons. The van der Waals surface area contributed by atoms with Crippen LogP contribution in [-0.2, 0) is 11.2 Å². The first kappa shape index (κ1) is 12.1. The Kier molecular flexibility index (Phi) is 4.13. The smallest absolute Gasteiger partial charge is 0.0829 e. The molecule has 2 rings (SSSR count). The van der Waals surface area contributed by atoms with E-state index in [0.717, 1.165) is 13.0 Å². The van der Waals surface area contributed by atoms with E-state index in [1.54, 1.807) is 0 Å². The molecule has 0 aliphatic carbocycles. The van der Waals surface area contributed by atoms with Crippen molar-refractivity contribution in [3.05, 3.63) is 35.4 Å². The fourth-order valence-corrected chi connectivity index (χ4v) is 2.04. The Morgan fingerprint density at radius 1 is 1.41 bits per heavy atom. The lowest BCUT2D eigenvalue weighted by Crippen LogP contribution is -2.47. The molecule has 0 saturated carbocycles. The van der Waals surface area contributed by atoms with Gasteiger partial charge in [0.2, 0.25) is 0 Å². The monoisotopic (exact) mass is 230 g/mol. The molecule has 1 aromatic carbocycles. The van der Waals surface area contributed by atoms with Crippen molar-refractivity contribution in [1.82, 2.24) is 5.32 Å². The summed E-state index contributed by atoms with van der Waals surface area (Å²) in [6, 6.07) is 11.1. The third-order valence-corrected chi connectivity index (χ3v) is 3.09. The van der Waals surface area contributed by atoms with Gasteiger partial charge in [0.15, 0.2) is 0 Å². The van der Waals surface area contributed by atoms with Crippen molar-refractivity contribution in [2.45, 2.75) is 31.9 Å². The average Bonchev–Trinajstić information content (AvgIpc) is 2.35. The SMILES string of the molecule is Cc1ccc(CC2COC(CC#N)CN2)cc1. The fourth-order valence-electron chi connectivity index (χ4n) is 2.04. The van der Waals surface area contributed by atoms with Gasteiger partial charge in [-0.15, -0.1) is 0 Å². The second-order valence-corrected chi connectivity index (χ2v) is 4.61. The third kappa shape index (κ3) is 3.55. The van der Waals surface area contributed by atoms with Crippen LogP contribution < -0.4 is 5.32 Å². The van der Waals surface area contributed by atoms with Gasteiger partial charge in [0.05, 0.1) is 25.2 Å². The highest BCUT2D eigenvalue weighted by Gasteiger charge is 2.20. The standard InChI is InChI=1S/C14H18N2O/c1-11-2-4-12(5-3-11)8-13-10-17-14(6-7-15)9-16-13/h2-5,13-14,16H,6,8-10H2,1H3. The number of rotatable bonds is 3. The molecule has 2 unspecified atom stereocenters. The van der Waals surface area contributed by atoms with Crippen molar-refractivity contribution in [1.29, 1.82) is 5.26 Å². The zero-order valence-corrected chi connectivity index (χ0v) is 10.1. The molecule has 3 nitrogen and oxygen atoms in total. The number of morpholine rings is 1. The Balaban J connectivity index is 1.82. The van der Waals surface area contributed by atoms with E-state index in [9.17, 15) is 0 Å². The number of ether oxygens (including phenoxy) is 1. The number of aryl methyl sites for hydroxylation is 1. The molecule has 3 heteroatoms. The number of hydrogen-bond acceptors (Lipinski definition) is 3. The average molecular weight is 230 g/mol. The molecule has 2 atom stereocenters. The fraction of sp³-hybridized carbons (Fsp3) is 0.500. The summed E-state index contributed by atoms with van der Waals surface area (Å²) in [6.07, 6.45) is 1.53. The topological polar surface area (TPSA) is 45.0 Å². The van der Waals surface area contributed by atoms with E-state index in [1.807, 2.05) is 0 Å². The first-order valence-corrected chi connectivity index (χ1v) is 6.05. The van der Waals surface area contributed by atoms with Gasteiger partial charge in [-0.2, -0.15) is 5.26 Å². The molecule has 1 heterocycles. The van der Waals surface area contributed by atoms with Crippen LogP contribution in [0, 0.1) is 18.3 Å². The Morgan fingerprint density at radius 3 is 2.76 bits per heavy atom. The van der Waals surface area contributed by atoms with Gasteiger partial charge in [-0.1, -0.05) is 29.8 Å². The van der Waals surface area contributed by atoms with Crippen LogP contribution >= 0.6 is 0 Å². The number of nitrogens with one attached hydrogen (secondary N) is 1. The molecule has 0 aromatic heterocycles. The van der Waals surface area contributed by atoms with E-state index < -0.39 is 0 Å². The molecule has 17 heavy (non-hydrogen) atoms. The molecule has 0 amide bonds. The van der Waals surface area contributed by atoms with Crippen LogP contribution in [0.25, 0.3) is 0 Å². The summed E-state index contributed by atoms with van der Waals surface area (Å²) in [4.78, 5) is 0. The lowest BCUT2D eigenvalue weighted by atomic mass is 10.0. The number of nitrogens with zero attached hydrogens (tertiary/aromatic N) is 1. The molecule has 90 valence electrons. The summed E-state index contributed by atoms with van der Waals surface area (Å²) in [5.41, 5.74) is 2.62. The molecule has 1 N–H and O–H groups in total. The third-order valence-electron chi connectivity index (χ3n) is 3.09. The van der Waals surface area contributed by atoms with E-state index in [-0.39, 0.29) is 6.10 Å². The molecule has 0 bridgehead atoms. The van der Waals surface area contributed by atoms with Gasteiger partial charge in [-0.3, -0.25) is 0 Å². The second kappa shape index (κ2) is 5.81. The summed E-state index contributed by atoms with van der Waals surface area (Å²) in [5, 5.41) is 12.0. The van der Waals surface area contributed by atoms with Crippen LogP contribution in [0.4, 0.5) is 0 Å². The van der Waals surface area contributed by atoms with Crippen molar-refractivity contribution < 1.29 is 4.74 Å². The van der Waals surface area contributed by atoms with E-state index >= 15 is 0 Å². The van der Waals surface area contributed by atoms with Crippen molar-refractivity contribution in [3.8, 4) is 6.07 Å². The quantitative estimate of drug-likeness (QED) is 0.861. The van der Waals surface area contributed by atoms with Crippen LogP contribution in [0.2, 0.25) is 0 Å². The second-order valence-electron chi connectivity index (χ2n) is 4.61. The van der Waals surface area contributed by atoms with E-state index in [1.165, 1.54) is 11.1 Å². The van der Waals surface area contributed by atoms with Gasteiger partial charge in [0.25, 0.3) is 0 Å². The van der Waals surface area contributed by atoms with E-state index in [0.29, 0.717) is 19.1 Å². The highest BCUT2D eigenvalue weighted by Crippen LogP contribution is 2.10. The van der Waals surface area contributed by atoms with Gasteiger partial charge in [0.1, 0.15) is 0 Å². The molecular formula is C14H18N2O. The summed E-state index contributed by atoms with van der Waals surface area (Å²) >= 11 is 0. The predicted molar refractivity (Wildman–Crippen MR) is 66.6 cm³/mol. The normalized spacial score (nSPS) is 24.2. The predicted octanol–water partition coefficient (Wildman–Crippen LogP) is 1.81. The van der Waals surface area contributed by atoms with Crippen LogP contribution in [0.1, 0.15) is 17.5 Å². The molecule has 1 aliphatic heterocycles. The Hall–Kier alpha value is -1.37. The number of nitriles is 1. The molecular weight excluding hydrogens is 212 g/mol. The highest BCUT2D eigenvalue weighted by molar-refractivity contribution is 5.22. The molecule has 1 fully saturated rings. The van der Waals surface area contributed by atoms with Crippen molar-refractivity contribution >= 4 is 0 Å². The molecule has 1 aromatic rings. The molecule has 1 aliphatic rings. The van der Waals surface area contributed by atoms with Gasteiger partial charge < -0.3 is 10.1 Å². The summed E-state index contributed by atoms with van der Waals surface area (Å²) in [6.45, 7) is 3.57. The number of hydrogen-bond donors (Lipinski definition) is 1. The molecule has 1 saturated heterocycles. The Morgan fingerprint density at radius 2 is 2.18 bits per heavy atom. The van der Waals surface area contributed by atoms with Gasteiger partial charge >= 0.3 is 0 Å². The molecule has 0 spiro atoms. The summed E-state index contributed by atoms with van der Waals surface area (Å²) in [5.74, 6) is 0. The maximum absolute atomic E-state index is 8.59. The minimum absolute atomic E-state index is 0.0641. The largest absolute Gasteiger partial charge is 0.374 e. The maximum atomic E-state index is 8.59. The van der Waals surface area contributed by atoms with E-state index in [4.69, 9.17) is 10.00 Å². The van der Waals surface area contributed by atoms with Crippen LogP contribution in [0.15, 0.2) is 24.3 Å². The van der Waals surface area contributed by atoms with Gasteiger partial charge in [0, 0.05) is 12.6 Å². The zero-order valence-electron chi connectivity index (χ0n) is 10.1. The van der Waals surface area contributed by atoms with E-state index in [2.05, 4.69) is 42.6 Å². The van der Waals surface area contributed by atoms with Crippen LogP contribution in [0.5, 0.6) is 0 Å². The van der Waals surface area contributed by atoms with Gasteiger partial charge in [-0.25, -0.2) is 0 Å². The lowest BCUT2D eigenvalue weighted by Gasteiger charge is -2.29. The maximum Gasteiger partial charge on any atom is 0.0829 e. The summed E-state index contributed by atoms with van der Waals surface area (Å²) in [7, 11) is 0. The first-order valence-electron chi connectivity index (χ1n) is 6.05. The Labute approximate surface area is 102 Å². The minimum Gasteiger partial charge on any atom is -0.374 e. The van der Waals surface area contributed by atoms with Crippen molar-refractivity contribution in [3.63, 3.8) is 0 Å². The minimum atomic E-state index is 0.0641. The highest BCUT2D eigenvalue weighted by atomic mass is 16.5. The Bertz CT molecular complexity index is 386. The first-order chi connectivity index (χ1) is 8.28. The van der Waals surface area contributed by atoms with Crippen molar-refractivity contribution in [2.24, 2.45) is 0 Å². The van der Waals surface area contributed by atoms with Crippen LogP contribution in [-0.4, -0.2) is 25.3 Å². The van der Waals surface area contributed by atoms with Crippen molar-refractivity contribution in [2.75, 3.05) is 13.2 Å². The number of benzene rings is 1. The van der Waals surface area contributed by atoms with Crippen LogP contribution in [0.3, 0.4) is 0 Å².